The number of rotatable bonds is 5. The number of hydrogen-bond acceptors (Lipinski definition) is 2. The topological polar surface area (TPSA) is 20.3 Å². The van der Waals surface area contributed by atoms with E-state index in [0.717, 1.165) is 11.3 Å². The Morgan fingerprint density at radius 1 is 1.05 bits per heavy atom. The fraction of sp³-hybridized carbons (Fsp3) is 0.235. The number of carbonyl (C=O) groups excluding carboxylic acids is 1. The summed E-state index contributed by atoms with van der Waals surface area (Å²) >= 11 is 0. The van der Waals surface area contributed by atoms with E-state index < -0.39 is 0 Å². The normalized spacial score (nSPS) is 10.3. The highest BCUT2D eigenvalue weighted by atomic mass is 19.1. The highest BCUT2D eigenvalue weighted by molar-refractivity contribution is 5.85. The van der Waals surface area contributed by atoms with Crippen LogP contribution >= 0.6 is 0 Å². The number of anilines is 1. The number of carbonyl (C=O) groups is 1. The molecular formula is C17H18FNO. The molecule has 0 radical (unpaired) electrons. The third kappa shape index (κ3) is 3.92. The first kappa shape index (κ1) is 14.3. The molecule has 0 aromatic heterocycles. The van der Waals surface area contributed by atoms with E-state index in [0.29, 0.717) is 13.0 Å². The fourth-order valence-electron chi connectivity index (χ4n) is 2.04. The molecule has 0 heterocycles. The van der Waals surface area contributed by atoms with Crippen LogP contribution in [0.3, 0.4) is 0 Å². The maximum absolute atomic E-state index is 12.8. The largest absolute Gasteiger partial charge is 0.367 e. The van der Waals surface area contributed by atoms with Gasteiger partial charge in [0, 0.05) is 19.2 Å². The predicted octanol–water partition coefficient (Wildman–Crippen LogP) is 3.38. The Balaban J connectivity index is 1.93. The maximum atomic E-state index is 12.8. The zero-order chi connectivity index (χ0) is 14.5. The summed E-state index contributed by atoms with van der Waals surface area (Å²) in [5.41, 5.74) is 3.05. The summed E-state index contributed by atoms with van der Waals surface area (Å²) < 4.78 is 12.8. The molecule has 0 bridgehead atoms. The highest BCUT2D eigenvalue weighted by Crippen LogP contribution is 2.13. The van der Waals surface area contributed by atoms with Crippen LogP contribution in [-0.2, 0) is 11.2 Å². The quantitative estimate of drug-likeness (QED) is 0.831. The number of hydrogen-bond donors (Lipinski definition) is 0. The average molecular weight is 271 g/mol. The first-order valence-corrected chi connectivity index (χ1v) is 6.58. The van der Waals surface area contributed by atoms with Gasteiger partial charge in [-0.25, -0.2) is 4.39 Å². The van der Waals surface area contributed by atoms with Gasteiger partial charge in [0.25, 0.3) is 0 Å². The lowest BCUT2D eigenvalue weighted by Gasteiger charge is -2.18. The van der Waals surface area contributed by atoms with Crippen LogP contribution in [0.25, 0.3) is 0 Å². The molecule has 0 atom stereocenters. The Hall–Kier alpha value is -2.16. The smallest absolute Gasteiger partial charge is 0.156 e. The molecule has 2 aromatic carbocycles. The van der Waals surface area contributed by atoms with E-state index in [2.05, 4.69) is 0 Å². The van der Waals surface area contributed by atoms with Gasteiger partial charge >= 0.3 is 0 Å². The van der Waals surface area contributed by atoms with Crippen molar-refractivity contribution < 1.29 is 9.18 Å². The third-order valence-electron chi connectivity index (χ3n) is 3.20. The van der Waals surface area contributed by atoms with E-state index in [4.69, 9.17) is 0 Å². The Morgan fingerprint density at radius 2 is 1.65 bits per heavy atom. The first-order valence-electron chi connectivity index (χ1n) is 6.58. The maximum Gasteiger partial charge on any atom is 0.156 e. The van der Waals surface area contributed by atoms with E-state index in [1.165, 1.54) is 17.7 Å². The summed E-state index contributed by atoms with van der Waals surface area (Å²) in [5, 5.41) is 0. The molecule has 0 fully saturated rings. The summed E-state index contributed by atoms with van der Waals surface area (Å²) in [4.78, 5) is 13.9. The van der Waals surface area contributed by atoms with Gasteiger partial charge in [0.1, 0.15) is 5.82 Å². The van der Waals surface area contributed by atoms with Crippen LogP contribution in [0.5, 0.6) is 0 Å². The van der Waals surface area contributed by atoms with Crippen molar-refractivity contribution in [3.63, 3.8) is 0 Å². The number of halogens is 1. The molecule has 0 aliphatic carbocycles. The standard InChI is InChI=1S/C17H18FNO/c1-13-3-9-16(10-4-13)19(2)12-17(20)11-14-5-7-15(18)8-6-14/h3-10H,11-12H2,1-2H3. The van der Waals surface area contributed by atoms with Crippen molar-refractivity contribution in [2.75, 3.05) is 18.5 Å². The van der Waals surface area contributed by atoms with Crippen LogP contribution in [-0.4, -0.2) is 19.4 Å². The molecule has 0 saturated heterocycles. The van der Waals surface area contributed by atoms with Gasteiger partial charge in [-0.3, -0.25) is 4.79 Å². The Kier molecular flexibility index (Phi) is 4.51. The highest BCUT2D eigenvalue weighted by Gasteiger charge is 2.08. The SMILES string of the molecule is Cc1ccc(N(C)CC(=O)Cc2ccc(F)cc2)cc1. The summed E-state index contributed by atoms with van der Waals surface area (Å²) in [6, 6.07) is 14.1. The molecule has 0 N–H and O–H groups in total. The summed E-state index contributed by atoms with van der Waals surface area (Å²) in [6.07, 6.45) is 0.330. The van der Waals surface area contributed by atoms with Crippen LogP contribution in [0.4, 0.5) is 10.1 Å². The van der Waals surface area contributed by atoms with Gasteiger partial charge in [-0.05, 0) is 36.8 Å². The van der Waals surface area contributed by atoms with Gasteiger partial charge in [-0.15, -0.1) is 0 Å². The van der Waals surface area contributed by atoms with Crippen molar-refractivity contribution in [2.45, 2.75) is 13.3 Å². The third-order valence-corrected chi connectivity index (χ3v) is 3.20. The number of Topliss-reactive ketones (excluding diaryl/α,β-unsaturated/α-hetero) is 1. The first-order chi connectivity index (χ1) is 9.54. The number of aryl methyl sites for hydroxylation is 1. The number of nitrogens with zero attached hydrogens (tertiary/aromatic N) is 1. The molecular weight excluding hydrogens is 253 g/mol. The molecule has 0 unspecified atom stereocenters. The van der Waals surface area contributed by atoms with Crippen LogP contribution in [0.15, 0.2) is 48.5 Å². The minimum Gasteiger partial charge on any atom is -0.367 e. The van der Waals surface area contributed by atoms with Crippen LogP contribution in [0.1, 0.15) is 11.1 Å². The fourth-order valence-corrected chi connectivity index (χ4v) is 2.04. The van der Waals surface area contributed by atoms with Crippen LogP contribution in [0, 0.1) is 12.7 Å². The van der Waals surface area contributed by atoms with E-state index in [-0.39, 0.29) is 11.6 Å². The molecule has 0 aliphatic rings. The van der Waals surface area contributed by atoms with Gasteiger partial charge < -0.3 is 4.90 Å². The lowest BCUT2D eigenvalue weighted by Crippen LogP contribution is -2.26. The molecule has 104 valence electrons. The molecule has 0 aliphatic heterocycles. The molecule has 2 aromatic rings. The van der Waals surface area contributed by atoms with Crippen molar-refractivity contribution in [3.8, 4) is 0 Å². The zero-order valence-electron chi connectivity index (χ0n) is 11.8. The second-order valence-electron chi connectivity index (χ2n) is 5.03. The Bertz CT molecular complexity index is 575. The number of ketones is 1. The zero-order valence-corrected chi connectivity index (χ0v) is 11.8. The monoisotopic (exact) mass is 271 g/mol. The summed E-state index contributed by atoms with van der Waals surface area (Å²) in [7, 11) is 1.90. The second-order valence-corrected chi connectivity index (χ2v) is 5.03. The van der Waals surface area contributed by atoms with Crippen molar-refractivity contribution in [1.82, 2.24) is 0 Å². The molecule has 2 rings (SSSR count). The van der Waals surface area contributed by atoms with Crippen molar-refractivity contribution in [1.29, 1.82) is 0 Å². The minimum absolute atomic E-state index is 0.111. The molecule has 0 spiro atoms. The lowest BCUT2D eigenvalue weighted by molar-refractivity contribution is -0.117. The van der Waals surface area contributed by atoms with Gasteiger partial charge in [0.15, 0.2) is 5.78 Å². The summed E-state index contributed by atoms with van der Waals surface area (Å²) in [5.74, 6) is -0.169. The molecule has 0 amide bonds. The molecule has 3 heteroatoms. The van der Waals surface area contributed by atoms with Gasteiger partial charge in [0.2, 0.25) is 0 Å². The predicted molar refractivity (Wildman–Crippen MR) is 79.6 cm³/mol. The Morgan fingerprint density at radius 3 is 2.25 bits per heavy atom. The number of benzene rings is 2. The molecule has 2 nitrogen and oxygen atoms in total. The Labute approximate surface area is 118 Å². The second kappa shape index (κ2) is 6.33. The molecule has 20 heavy (non-hydrogen) atoms. The van der Waals surface area contributed by atoms with E-state index in [9.17, 15) is 9.18 Å². The van der Waals surface area contributed by atoms with Crippen molar-refractivity contribution in [3.05, 3.63) is 65.5 Å². The van der Waals surface area contributed by atoms with Gasteiger partial charge in [-0.2, -0.15) is 0 Å². The average Bonchev–Trinajstić information content (AvgIpc) is 2.42. The van der Waals surface area contributed by atoms with Gasteiger partial charge in [0.05, 0.1) is 6.54 Å². The van der Waals surface area contributed by atoms with E-state index in [1.54, 1.807) is 12.1 Å². The molecule has 0 saturated carbocycles. The van der Waals surface area contributed by atoms with E-state index in [1.807, 2.05) is 43.1 Å². The van der Waals surface area contributed by atoms with Crippen molar-refractivity contribution >= 4 is 11.5 Å². The minimum atomic E-state index is -0.280. The summed E-state index contributed by atoms with van der Waals surface area (Å²) in [6.45, 7) is 2.38. The van der Waals surface area contributed by atoms with Crippen LogP contribution in [0.2, 0.25) is 0 Å². The van der Waals surface area contributed by atoms with Gasteiger partial charge in [-0.1, -0.05) is 29.8 Å². The van der Waals surface area contributed by atoms with Crippen molar-refractivity contribution in [2.24, 2.45) is 0 Å². The van der Waals surface area contributed by atoms with E-state index >= 15 is 0 Å². The van der Waals surface area contributed by atoms with Crippen LogP contribution < -0.4 is 4.90 Å². The number of likely N-dealkylation sites (N-methyl/N-ethyl adjacent to an activating group) is 1. The lowest BCUT2D eigenvalue weighted by atomic mass is 10.1.